The number of hydrogen-bond donors (Lipinski definition) is 1. The number of H-pyrrole nitrogens is 1. The molecule has 0 spiro atoms. The summed E-state index contributed by atoms with van der Waals surface area (Å²) in [4.78, 5) is 25.4. The normalized spacial score (nSPS) is 15.6. The highest BCUT2D eigenvalue weighted by molar-refractivity contribution is 5.48. The van der Waals surface area contributed by atoms with Crippen molar-refractivity contribution in [3.05, 3.63) is 54.7 Å². The summed E-state index contributed by atoms with van der Waals surface area (Å²) in [6.07, 6.45) is 7.26. The lowest BCUT2D eigenvalue weighted by atomic mass is 10.3. The highest BCUT2D eigenvalue weighted by atomic mass is 15.3. The molecule has 3 aromatic heterocycles. The summed E-state index contributed by atoms with van der Waals surface area (Å²) in [5.74, 6) is 1.64. The molecule has 0 atom stereocenters. The van der Waals surface area contributed by atoms with E-state index in [4.69, 9.17) is 0 Å². The summed E-state index contributed by atoms with van der Waals surface area (Å²) in [5.41, 5.74) is 1.98. The van der Waals surface area contributed by atoms with Crippen molar-refractivity contribution < 1.29 is 0 Å². The van der Waals surface area contributed by atoms with Crippen molar-refractivity contribution in [2.75, 3.05) is 31.1 Å². The molecule has 4 heterocycles. The maximum absolute atomic E-state index is 4.44. The van der Waals surface area contributed by atoms with Crippen molar-refractivity contribution in [3.63, 3.8) is 0 Å². The number of aromatic amines is 1. The van der Waals surface area contributed by atoms with Crippen molar-refractivity contribution in [3.8, 4) is 11.5 Å². The van der Waals surface area contributed by atoms with Gasteiger partial charge in [0.1, 0.15) is 5.69 Å². The van der Waals surface area contributed by atoms with Gasteiger partial charge in [-0.15, -0.1) is 0 Å². The third-order valence-electron chi connectivity index (χ3n) is 4.14. The van der Waals surface area contributed by atoms with Gasteiger partial charge < -0.3 is 9.88 Å². The molecule has 1 aliphatic rings. The molecular weight excluding hydrogens is 302 g/mol. The molecule has 1 aliphatic heterocycles. The first kappa shape index (κ1) is 14.8. The van der Waals surface area contributed by atoms with E-state index in [1.165, 1.54) is 0 Å². The minimum atomic E-state index is 0.816. The van der Waals surface area contributed by atoms with Crippen LogP contribution in [0.4, 0.5) is 5.95 Å². The molecule has 24 heavy (non-hydrogen) atoms. The van der Waals surface area contributed by atoms with Crippen LogP contribution in [-0.4, -0.2) is 56.0 Å². The molecule has 3 aromatic rings. The topological polar surface area (TPSA) is 73.8 Å². The number of nitrogens with one attached hydrogen (secondary N) is 1. The third kappa shape index (κ3) is 3.26. The van der Waals surface area contributed by atoms with Crippen LogP contribution in [0.3, 0.4) is 0 Å². The molecule has 122 valence electrons. The molecule has 0 aromatic carbocycles. The maximum atomic E-state index is 4.44. The summed E-state index contributed by atoms with van der Waals surface area (Å²) in [6, 6.07) is 7.68. The number of rotatable bonds is 4. The van der Waals surface area contributed by atoms with Crippen LogP contribution >= 0.6 is 0 Å². The van der Waals surface area contributed by atoms with Gasteiger partial charge in [0.25, 0.3) is 0 Å². The van der Waals surface area contributed by atoms with Gasteiger partial charge in [-0.05, 0) is 18.2 Å². The van der Waals surface area contributed by atoms with Gasteiger partial charge >= 0.3 is 0 Å². The predicted molar refractivity (Wildman–Crippen MR) is 91.3 cm³/mol. The van der Waals surface area contributed by atoms with Crippen molar-refractivity contribution >= 4 is 5.95 Å². The first-order valence-corrected chi connectivity index (χ1v) is 8.08. The molecule has 0 radical (unpaired) electrons. The lowest BCUT2D eigenvalue weighted by Crippen LogP contribution is -2.46. The van der Waals surface area contributed by atoms with Crippen molar-refractivity contribution in [2.45, 2.75) is 6.54 Å². The van der Waals surface area contributed by atoms with Gasteiger partial charge in [0, 0.05) is 57.0 Å². The fourth-order valence-electron chi connectivity index (χ4n) is 2.87. The van der Waals surface area contributed by atoms with Gasteiger partial charge in [-0.25, -0.2) is 15.0 Å². The molecule has 1 saturated heterocycles. The first-order valence-electron chi connectivity index (χ1n) is 8.08. The number of anilines is 1. The summed E-state index contributed by atoms with van der Waals surface area (Å²) < 4.78 is 0. The molecule has 0 saturated carbocycles. The van der Waals surface area contributed by atoms with E-state index >= 15 is 0 Å². The van der Waals surface area contributed by atoms with Crippen molar-refractivity contribution in [2.24, 2.45) is 0 Å². The Hall–Kier alpha value is -2.80. The highest BCUT2D eigenvalue weighted by Crippen LogP contribution is 2.15. The summed E-state index contributed by atoms with van der Waals surface area (Å²) in [5, 5.41) is 0. The second-order valence-electron chi connectivity index (χ2n) is 5.78. The monoisotopic (exact) mass is 321 g/mol. The van der Waals surface area contributed by atoms with Crippen molar-refractivity contribution in [1.29, 1.82) is 0 Å². The Morgan fingerprint density at radius 3 is 2.42 bits per heavy atom. The van der Waals surface area contributed by atoms with Crippen molar-refractivity contribution in [1.82, 2.24) is 29.8 Å². The number of hydrogen-bond acceptors (Lipinski definition) is 6. The highest BCUT2D eigenvalue weighted by Gasteiger charge is 2.19. The van der Waals surface area contributed by atoms with Gasteiger partial charge in [-0.1, -0.05) is 6.07 Å². The Balaban J connectivity index is 1.35. The summed E-state index contributed by atoms with van der Waals surface area (Å²) >= 11 is 0. The number of aromatic nitrogens is 5. The predicted octanol–water partition coefficient (Wildman–Crippen LogP) is 1.58. The van der Waals surface area contributed by atoms with Crippen LogP contribution in [0.1, 0.15) is 5.69 Å². The summed E-state index contributed by atoms with van der Waals surface area (Å²) in [7, 11) is 0. The molecule has 7 nitrogen and oxygen atoms in total. The zero-order valence-electron chi connectivity index (χ0n) is 13.3. The minimum absolute atomic E-state index is 0.816. The quantitative estimate of drug-likeness (QED) is 0.786. The van der Waals surface area contributed by atoms with E-state index in [2.05, 4.69) is 34.7 Å². The van der Waals surface area contributed by atoms with E-state index in [0.717, 1.165) is 55.9 Å². The van der Waals surface area contributed by atoms with Crippen LogP contribution in [0.25, 0.3) is 11.5 Å². The van der Waals surface area contributed by atoms with Crippen LogP contribution in [0.15, 0.2) is 49.1 Å². The van der Waals surface area contributed by atoms with Gasteiger partial charge in [0.15, 0.2) is 5.82 Å². The number of pyridine rings is 1. The van der Waals surface area contributed by atoms with Crippen LogP contribution < -0.4 is 4.90 Å². The van der Waals surface area contributed by atoms with Crippen LogP contribution in [0.2, 0.25) is 0 Å². The van der Waals surface area contributed by atoms with Crippen LogP contribution in [-0.2, 0) is 6.54 Å². The van der Waals surface area contributed by atoms with Gasteiger partial charge in [-0.2, -0.15) is 0 Å². The number of imidazole rings is 1. The van der Waals surface area contributed by atoms with E-state index in [1.54, 1.807) is 18.6 Å². The fraction of sp³-hybridized carbons (Fsp3) is 0.294. The Labute approximate surface area is 140 Å². The number of nitrogens with zero attached hydrogens (tertiary/aromatic N) is 6. The van der Waals surface area contributed by atoms with Gasteiger partial charge in [-0.3, -0.25) is 9.88 Å². The molecular formula is C17H19N7. The third-order valence-corrected chi connectivity index (χ3v) is 4.14. The van der Waals surface area contributed by atoms with Crippen LogP contribution in [0, 0.1) is 0 Å². The van der Waals surface area contributed by atoms with E-state index in [-0.39, 0.29) is 0 Å². The Bertz CT molecular complexity index is 764. The van der Waals surface area contributed by atoms with E-state index in [9.17, 15) is 0 Å². The minimum Gasteiger partial charge on any atom is -0.339 e. The maximum Gasteiger partial charge on any atom is 0.225 e. The SMILES string of the molecule is c1ccc(-c2ncc(CN3CCN(c4ncccn4)CC3)[nH]2)nc1. The average molecular weight is 321 g/mol. The van der Waals surface area contributed by atoms with E-state index in [0.29, 0.717) is 0 Å². The fourth-order valence-corrected chi connectivity index (χ4v) is 2.87. The molecule has 7 heteroatoms. The second kappa shape index (κ2) is 6.76. The van der Waals surface area contributed by atoms with E-state index < -0.39 is 0 Å². The second-order valence-corrected chi connectivity index (χ2v) is 5.78. The molecule has 0 amide bonds. The molecule has 0 bridgehead atoms. The van der Waals surface area contributed by atoms with E-state index in [1.807, 2.05) is 30.5 Å². The zero-order valence-corrected chi connectivity index (χ0v) is 13.3. The summed E-state index contributed by atoms with van der Waals surface area (Å²) in [6.45, 7) is 4.70. The zero-order chi connectivity index (χ0) is 16.2. The molecule has 4 rings (SSSR count). The lowest BCUT2D eigenvalue weighted by Gasteiger charge is -2.34. The lowest BCUT2D eigenvalue weighted by molar-refractivity contribution is 0.246. The molecule has 0 unspecified atom stereocenters. The van der Waals surface area contributed by atoms with Gasteiger partial charge in [0.05, 0.1) is 6.20 Å². The molecule has 1 N–H and O–H groups in total. The van der Waals surface area contributed by atoms with Gasteiger partial charge in [0.2, 0.25) is 5.95 Å². The Kier molecular flexibility index (Phi) is 4.16. The molecule has 1 fully saturated rings. The smallest absolute Gasteiger partial charge is 0.225 e. The molecule has 0 aliphatic carbocycles. The van der Waals surface area contributed by atoms with Crippen LogP contribution in [0.5, 0.6) is 0 Å². The Morgan fingerprint density at radius 1 is 0.875 bits per heavy atom. The number of piperazine rings is 1. The largest absolute Gasteiger partial charge is 0.339 e. The standard InChI is InChI=1S/C17H19N7/c1-2-5-18-15(4-1)16-21-12-14(22-16)13-23-8-10-24(11-9-23)17-19-6-3-7-20-17/h1-7,12H,8-11,13H2,(H,21,22). The Morgan fingerprint density at radius 2 is 1.67 bits per heavy atom. The first-order chi connectivity index (χ1) is 11.9. The average Bonchev–Trinajstić information content (AvgIpc) is 3.12.